The highest BCUT2D eigenvalue weighted by molar-refractivity contribution is 7.99. The summed E-state index contributed by atoms with van der Waals surface area (Å²) in [4.78, 5) is 12.0. The largest absolute Gasteiger partial charge is 0.480 e. The fraction of sp³-hybridized carbons (Fsp3) is 0.421. The lowest BCUT2D eigenvalue weighted by molar-refractivity contribution is -0.119. The number of carbonyl (C=O) groups is 1. The van der Waals surface area contributed by atoms with E-state index in [1.807, 2.05) is 18.4 Å². The number of benzene rings is 1. The predicted octanol–water partition coefficient (Wildman–Crippen LogP) is 3.75. The van der Waals surface area contributed by atoms with Crippen LogP contribution >= 0.6 is 11.8 Å². The Hall–Kier alpha value is -2.35. The highest BCUT2D eigenvalue weighted by atomic mass is 32.2. The number of halogens is 1. The second kappa shape index (κ2) is 10.1. The van der Waals surface area contributed by atoms with Crippen LogP contribution in [0, 0.1) is 5.82 Å². The number of nitrogens with zero attached hydrogens (tertiary/aromatic N) is 3. The average molecular weight is 393 g/mol. The van der Waals surface area contributed by atoms with Gasteiger partial charge < -0.3 is 10.1 Å². The lowest BCUT2D eigenvalue weighted by Crippen LogP contribution is -2.33. The van der Waals surface area contributed by atoms with E-state index < -0.39 is 11.9 Å². The van der Waals surface area contributed by atoms with Crippen LogP contribution in [0.5, 0.6) is 5.75 Å². The van der Waals surface area contributed by atoms with E-state index in [4.69, 9.17) is 4.74 Å². The Balaban J connectivity index is 2.10. The number of carbonyl (C=O) groups excluding carboxylic acids is 1. The highest BCUT2D eigenvalue weighted by Gasteiger charge is 2.20. The van der Waals surface area contributed by atoms with Gasteiger partial charge in [0.15, 0.2) is 28.7 Å². The van der Waals surface area contributed by atoms with Crippen LogP contribution in [-0.4, -0.2) is 32.5 Å². The van der Waals surface area contributed by atoms with Gasteiger partial charge in [-0.1, -0.05) is 36.9 Å². The summed E-state index contributed by atoms with van der Waals surface area (Å²) in [5, 5.41) is 11.9. The first-order valence-electron chi connectivity index (χ1n) is 8.83. The summed E-state index contributed by atoms with van der Waals surface area (Å²) >= 11 is 1.30. The van der Waals surface area contributed by atoms with Crippen molar-refractivity contribution in [3.63, 3.8) is 0 Å². The number of para-hydroxylation sites is 1. The molecule has 0 saturated heterocycles. The molecule has 0 bridgehead atoms. The Bertz CT molecular complexity index is 781. The molecule has 0 saturated carbocycles. The van der Waals surface area contributed by atoms with Crippen LogP contribution in [0.1, 0.15) is 39.1 Å². The van der Waals surface area contributed by atoms with Crippen molar-refractivity contribution in [1.82, 2.24) is 20.1 Å². The van der Waals surface area contributed by atoms with E-state index in [0.717, 1.165) is 6.42 Å². The zero-order valence-corrected chi connectivity index (χ0v) is 16.6. The van der Waals surface area contributed by atoms with Gasteiger partial charge in [0.05, 0.1) is 5.75 Å². The third kappa shape index (κ3) is 5.82. The molecule has 0 fully saturated rings. The van der Waals surface area contributed by atoms with Crippen LogP contribution < -0.4 is 10.1 Å². The fourth-order valence-electron chi connectivity index (χ4n) is 2.34. The third-order valence-corrected chi connectivity index (χ3v) is 4.88. The van der Waals surface area contributed by atoms with Gasteiger partial charge in [-0.25, -0.2) is 4.39 Å². The van der Waals surface area contributed by atoms with Crippen molar-refractivity contribution >= 4 is 17.7 Å². The summed E-state index contributed by atoms with van der Waals surface area (Å²) in [5.74, 6) is 0.445. The minimum atomic E-state index is -0.516. The standard InChI is InChI=1S/C19H25FN4O2S/c1-5-11-24-18(14(4)26-16-10-8-7-9-15(16)20)22-23-19(24)27-12-17(25)21-13(3)6-2/h5,7-10,13-14H,1,6,11-12H2,2-4H3,(H,21,25). The number of allylic oxidation sites excluding steroid dienone is 1. The van der Waals surface area contributed by atoms with Crippen LogP contribution in [0.2, 0.25) is 0 Å². The van der Waals surface area contributed by atoms with Crippen molar-refractivity contribution in [1.29, 1.82) is 0 Å². The quantitative estimate of drug-likeness (QED) is 0.493. The van der Waals surface area contributed by atoms with E-state index in [1.165, 1.54) is 17.8 Å². The lowest BCUT2D eigenvalue weighted by atomic mass is 10.3. The summed E-state index contributed by atoms with van der Waals surface area (Å²) in [6.45, 7) is 9.97. The third-order valence-electron chi connectivity index (χ3n) is 3.91. The van der Waals surface area contributed by atoms with Gasteiger partial charge in [0, 0.05) is 12.6 Å². The minimum Gasteiger partial charge on any atom is -0.480 e. The second-order valence-corrected chi connectivity index (χ2v) is 7.04. The van der Waals surface area contributed by atoms with Crippen molar-refractivity contribution in [3.05, 3.63) is 48.6 Å². The first-order valence-corrected chi connectivity index (χ1v) is 9.82. The summed E-state index contributed by atoms with van der Waals surface area (Å²) in [7, 11) is 0. The fourth-order valence-corrected chi connectivity index (χ4v) is 3.11. The van der Waals surface area contributed by atoms with Crippen LogP contribution in [-0.2, 0) is 11.3 Å². The van der Waals surface area contributed by atoms with Gasteiger partial charge in [-0.3, -0.25) is 9.36 Å². The summed E-state index contributed by atoms with van der Waals surface area (Å²) in [6.07, 6.45) is 2.07. The molecule has 1 N–H and O–H groups in total. The molecule has 1 heterocycles. The van der Waals surface area contributed by atoms with Crippen LogP contribution in [0.15, 0.2) is 42.1 Å². The average Bonchev–Trinajstić information content (AvgIpc) is 3.05. The normalized spacial score (nSPS) is 13.0. The number of hydrogen-bond donors (Lipinski definition) is 1. The van der Waals surface area contributed by atoms with Crippen molar-refractivity contribution in [2.75, 3.05) is 5.75 Å². The molecule has 1 aromatic carbocycles. The first kappa shape index (κ1) is 21.0. The number of aromatic nitrogens is 3. The highest BCUT2D eigenvalue weighted by Crippen LogP contribution is 2.26. The molecule has 146 valence electrons. The van der Waals surface area contributed by atoms with Crippen molar-refractivity contribution < 1.29 is 13.9 Å². The molecule has 0 aliphatic rings. The Labute approximate surface area is 163 Å². The molecule has 27 heavy (non-hydrogen) atoms. The van der Waals surface area contributed by atoms with Crippen molar-refractivity contribution in [3.8, 4) is 5.75 Å². The topological polar surface area (TPSA) is 69.0 Å². The SMILES string of the molecule is C=CCn1c(SCC(=O)NC(C)CC)nnc1C(C)Oc1ccccc1F. The first-order chi connectivity index (χ1) is 13.0. The maximum Gasteiger partial charge on any atom is 0.230 e. The molecule has 0 radical (unpaired) electrons. The lowest BCUT2D eigenvalue weighted by Gasteiger charge is -2.16. The molecule has 0 spiro atoms. The predicted molar refractivity (Wildman–Crippen MR) is 104 cm³/mol. The van der Waals surface area contributed by atoms with Crippen LogP contribution in [0.4, 0.5) is 4.39 Å². The van der Waals surface area contributed by atoms with E-state index in [1.54, 1.807) is 31.2 Å². The summed E-state index contributed by atoms with van der Waals surface area (Å²) in [6, 6.07) is 6.35. The Morgan fingerprint density at radius 1 is 1.41 bits per heavy atom. The molecule has 2 unspecified atom stereocenters. The molecule has 6 nitrogen and oxygen atoms in total. The van der Waals surface area contributed by atoms with E-state index in [-0.39, 0.29) is 23.5 Å². The van der Waals surface area contributed by atoms with E-state index in [9.17, 15) is 9.18 Å². The number of nitrogens with one attached hydrogen (secondary N) is 1. The molecule has 1 amide bonds. The summed E-state index contributed by atoms with van der Waals surface area (Å²) < 4.78 is 21.4. The van der Waals surface area contributed by atoms with Gasteiger partial charge in [0.2, 0.25) is 5.91 Å². The second-order valence-electron chi connectivity index (χ2n) is 6.10. The van der Waals surface area contributed by atoms with E-state index in [0.29, 0.717) is 17.5 Å². The van der Waals surface area contributed by atoms with Crippen LogP contribution in [0.25, 0.3) is 0 Å². The van der Waals surface area contributed by atoms with Gasteiger partial charge in [-0.2, -0.15) is 0 Å². The Kier molecular flexibility index (Phi) is 7.84. The van der Waals surface area contributed by atoms with Gasteiger partial charge in [0.25, 0.3) is 0 Å². The number of rotatable bonds is 10. The number of thioether (sulfide) groups is 1. The smallest absolute Gasteiger partial charge is 0.230 e. The summed E-state index contributed by atoms with van der Waals surface area (Å²) in [5.41, 5.74) is 0. The van der Waals surface area contributed by atoms with Crippen molar-refractivity contribution in [2.45, 2.75) is 51.0 Å². The van der Waals surface area contributed by atoms with Crippen molar-refractivity contribution in [2.24, 2.45) is 0 Å². The molecule has 1 aromatic heterocycles. The molecular formula is C19H25FN4O2S. The zero-order chi connectivity index (χ0) is 19.8. The molecule has 0 aliphatic heterocycles. The molecule has 2 atom stereocenters. The van der Waals surface area contributed by atoms with Crippen LogP contribution in [0.3, 0.4) is 0 Å². The molecule has 2 rings (SSSR count). The Morgan fingerprint density at radius 2 is 2.15 bits per heavy atom. The number of ether oxygens (including phenoxy) is 1. The Morgan fingerprint density at radius 3 is 2.81 bits per heavy atom. The van der Waals surface area contributed by atoms with Gasteiger partial charge in [-0.05, 0) is 32.4 Å². The van der Waals surface area contributed by atoms with E-state index >= 15 is 0 Å². The number of amides is 1. The molecule has 8 heteroatoms. The van der Waals surface area contributed by atoms with Gasteiger partial charge in [-0.15, -0.1) is 16.8 Å². The maximum atomic E-state index is 13.8. The maximum absolute atomic E-state index is 13.8. The van der Waals surface area contributed by atoms with Gasteiger partial charge >= 0.3 is 0 Å². The zero-order valence-electron chi connectivity index (χ0n) is 15.8. The molecule has 2 aromatic rings. The minimum absolute atomic E-state index is 0.0558. The van der Waals surface area contributed by atoms with Gasteiger partial charge in [0.1, 0.15) is 0 Å². The monoisotopic (exact) mass is 392 g/mol. The molecular weight excluding hydrogens is 367 g/mol. The van der Waals surface area contributed by atoms with E-state index in [2.05, 4.69) is 22.1 Å². The molecule has 0 aliphatic carbocycles. The number of hydrogen-bond acceptors (Lipinski definition) is 5.